The minimum Gasteiger partial charge on any atom is -0.368 e. The number of hydrogen-bond acceptors (Lipinski definition) is 4. The minimum absolute atomic E-state index is 0.0454. The lowest BCUT2D eigenvalue weighted by molar-refractivity contribution is 0.0748. The summed E-state index contributed by atoms with van der Waals surface area (Å²) >= 11 is 6.16. The Labute approximate surface area is 192 Å². The lowest BCUT2D eigenvalue weighted by Crippen LogP contribution is -2.48. The van der Waals surface area contributed by atoms with Crippen LogP contribution in [0.15, 0.2) is 73.1 Å². The molecule has 2 aromatic heterocycles. The number of halogens is 1. The molecule has 1 saturated heterocycles. The number of carbonyl (C=O) groups excluding carboxylic acids is 1. The quantitative estimate of drug-likeness (QED) is 0.436. The second-order valence-corrected chi connectivity index (χ2v) is 8.51. The van der Waals surface area contributed by atoms with E-state index in [1.165, 1.54) is 0 Å². The van der Waals surface area contributed by atoms with Crippen LogP contribution in [0.2, 0.25) is 5.02 Å². The van der Waals surface area contributed by atoms with Crippen LogP contribution in [0.4, 0.5) is 5.69 Å². The van der Waals surface area contributed by atoms with Crippen molar-refractivity contribution in [1.82, 2.24) is 14.9 Å². The molecule has 3 heterocycles. The van der Waals surface area contributed by atoms with Crippen molar-refractivity contribution in [1.29, 1.82) is 0 Å². The van der Waals surface area contributed by atoms with Gasteiger partial charge in [0.25, 0.3) is 5.91 Å². The highest BCUT2D eigenvalue weighted by molar-refractivity contribution is 6.30. The Morgan fingerprint density at radius 2 is 1.72 bits per heavy atom. The summed E-state index contributed by atoms with van der Waals surface area (Å²) in [4.78, 5) is 26.8. The first kappa shape index (κ1) is 20.5. The number of carbonyl (C=O) groups is 1. The number of amides is 1. The van der Waals surface area contributed by atoms with E-state index in [4.69, 9.17) is 16.6 Å². The average molecular weight is 443 g/mol. The maximum atomic E-state index is 13.7. The molecule has 0 unspecified atom stereocenters. The topological polar surface area (TPSA) is 49.3 Å². The SMILES string of the molecule is Cc1ccc2nc(-c3ccncc3)cc(C(=O)N3CCN(c4cccc(Cl)c4)CC3)c2c1. The Kier molecular flexibility index (Phi) is 5.50. The zero-order valence-electron chi connectivity index (χ0n) is 17.8. The van der Waals surface area contributed by atoms with Gasteiger partial charge < -0.3 is 9.80 Å². The summed E-state index contributed by atoms with van der Waals surface area (Å²) in [5.41, 5.74) is 5.45. The van der Waals surface area contributed by atoms with Gasteiger partial charge >= 0.3 is 0 Å². The molecule has 1 amide bonds. The number of hydrogen-bond donors (Lipinski definition) is 0. The number of nitrogens with zero attached hydrogens (tertiary/aromatic N) is 4. The zero-order valence-corrected chi connectivity index (χ0v) is 18.6. The highest BCUT2D eigenvalue weighted by atomic mass is 35.5. The number of benzene rings is 2. The van der Waals surface area contributed by atoms with Crippen molar-refractivity contribution in [2.75, 3.05) is 31.1 Å². The lowest BCUT2D eigenvalue weighted by Gasteiger charge is -2.36. The van der Waals surface area contributed by atoms with Gasteiger partial charge in [-0.25, -0.2) is 4.98 Å². The summed E-state index contributed by atoms with van der Waals surface area (Å²) in [6.45, 7) is 4.89. The molecule has 5 nitrogen and oxygen atoms in total. The molecule has 32 heavy (non-hydrogen) atoms. The van der Waals surface area contributed by atoms with E-state index < -0.39 is 0 Å². The molecule has 6 heteroatoms. The van der Waals surface area contributed by atoms with Crippen molar-refractivity contribution in [3.63, 3.8) is 0 Å². The number of rotatable bonds is 3. The van der Waals surface area contributed by atoms with Gasteiger partial charge in [-0.15, -0.1) is 0 Å². The predicted molar refractivity (Wildman–Crippen MR) is 129 cm³/mol. The Bertz CT molecular complexity index is 1280. The van der Waals surface area contributed by atoms with Gasteiger partial charge in [0, 0.05) is 60.2 Å². The van der Waals surface area contributed by atoms with Gasteiger partial charge in [0.1, 0.15) is 0 Å². The molecule has 160 valence electrons. The van der Waals surface area contributed by atoms with Crippen LogP contribution in [0, 0.1) is 6.92 Å². The molecule has 0 saturated carbocycles. The maximum absolute atomic E-state index is 13.7. The third kappa shape index (κ3) is 4.04. The second-order valence-electron chi connectivity index (χ2n) is 8.07. The van der Waals surface area contributed by atoms with E-state index in [1.54, 1.807) is 12.4 Å². The molecule has 4 aromatic rings. The van der Waals surface area contributed by atoms with Crippen LogP contribution in [0.3, 0.4) is 0 Å². The molecule has 5 rings (SSSR count). The summed E-state index contributed by atoms with van der Waals surface area (Å²) in [7, 11) is 0. The lowest BCUT2D eigenvalue weighted by atomic mass is 10.0. The van der Waals surface area contributed by atoms with Crippen LogP contribution in [0.5, 0.6) is 0 Å². The summed E-state index contributed by atoms with van der Waals surface area (Å²) in [6.07, 6.45) is 3.49. The minimum atomic E-state index is 0.0454. The molecule has 2 aromatic carbocycles. The fourth-order valence-corrected chi connectivity index (χ4v) is 4.38. The summed E-state index contributed by atoms with van der Waals surface area (Å²) in [5, 5.41) is 1.62. The zero-order chi connectivity index (χ0) is 22.1. The number of piperazine rings is 1. The summed E-state index contributed by atoms with van der Waals surface area (Å²) < 4.78 is 0. The third-order valence-electron chi connectivity index (χ3n) is 5.91. The van der Waals surface area contributed by atoms with E-state index >= 15 is 0 Å². The third-order valence-corrected chi connectivity index (χ3v) is 6.15. The average Bonchev–Trinajstić information content (AvgIpc) is 2.83. The van der Waals surface area contributed by atoms with Gasteiger partial charge in [0.15, 0.2) is 0 Å². The Balaban J connectivity index is 1.46. The number of pyridine rings is 2. The molecular formula is C26H23ClN4O. The Morgan fingerprint density at radius 1 is 0.938 bits per heavy atom. The number of anilines is 1. The van der Waals surface area contributed by atoms with E-state index in [0.29, 0.717) is 18.7 Å². The fourth-order valence-electron chi connectivity index (χ4n) is 4.20. The number of aryl methyl sites for hydroxylation is 1. The van der Waals surface area contributed by atoms with Crippen molar-refractivity contribution >= 4 is 34.1 Å². The summed E-state index contributed by atoms with van der Waals surface area (Å²) in [6, 6.07) is 19.7. The van der Waals surface area contributed by atoms with Gasteiger partial charge in [0.05, 0.1) is 16.8 Å². The van der Waals surface area contributed by atoms with E-state index in [1.807, 2.05) is 66.4 Å². The normalized spacial score (nSPS) is 14.1. The van der Waals surface area contributed by atoms with Gasteiger partial charge in [0.2, 0.25) is 0 Å². The van der Waals surface area contributed by atoms with Crippen molar-refractivity contribution in [2.45, 2.75) is 6.92 Å². The van der Waals surface area contributed by atoms with Crippen molar-refractivity contribution in [3.8, 4) is 11.3 Å². The molecule has 1 aliphatic rings. The standard InChI is InChI=1S/C26H23ClN4O/c1-18-5-6-24-22(15-18)23(17-25(29-24)19-7-9-28-10-8-19)26(32)31-13-11-30(12-14-31)21-4-2-3-20(27)16-21/h2-10,15-17H,11-14H2,1H3. The predicted octanol–water partition coefficient (Wildman–Crippen LogP) is 5.22. The van der Waals surface area contributed by atoms with Gasteiger partial charge in [-0.05, 0) is 55.5 Å². The van der Waals surface area contributed by atoms with E-state index in [2.05, 4.69) is 16.0 Å². The fraction of sp³-hybridized carbons (Fsp3) is 0.192. The Hall–Kier alpha value is -3.44. The first-order valence-electron chi connectivity index (χ1n) is 10.7. The monoisotopic (exact) mass is 442 g/mol. The highest BCUT2D eigenvalue weighted by Crippen LogP contribution is 2.27. The van der Waals surface area contributed by atoms with Crippen LogP contribution >= 0.6 is 11.6 Å². The van der Waals surface area contributed by atoms with E-state index in [9.17, 15) is 4.79 Å². The van der Waals surface area contributed by atoms with Crippen LogP contribution in [0.1, 0.15) is 15.9 Å². The highest BCUT2D eigenvalue weighted by Gasteiger charge is 2.24. The Morgan fingerprint density at radius 3 is 2.47 bits per heavy atom. The van der Waals surface area contributed by atoms with E-state index in [0.717, 1.165) is 51.5 Å². The van der Waals surface area contributed by atoms with Crippen molar-refractivity contribution in [3.05, 3.63) is 89.2 Å². The molecule has 1 fully saturated rings. The van der Waals surface area contributed by atoms with Crippen LogP contribution < -0.4 is 4.90 Å². The number of fused-ring (bicyclic) bond motifs is 1. The maximum Gasteiger partial charge on any atom is 0.254 e. The van der Waals surface area contributed by atoms with Crippen LogP contribution in [0.25, 0.3) is 22.2 Å². The molecule has 0 bridgehead atoms. The molecule has 0 spiro atoms. The smallest absolute Gasteiger partial charge is 0.254 e. The molecule has 1 aliphatic heterocycles. The second kappa shape index (κ2) is 8.60. The van der Waals surface area contributed by atoms with Crippen LogP contribution in [-0.2, 0) is 0 Å². The van der Waals surface area contributed by atoms with Crippen molar-refractivity contribution < 1.29 is 4.79 Å². The molecule has 0 aliphatic carbocycles. The number of aromatic nitrogens is 2. The van der Waals surface area contributed by atoms with Gasteiger partial charge in [-0.1, -0.05) is 29.3 Å². The van der Waals surface area contributed by atoms with Gasteiger partial charge in [-0.2, -0.15) is 0 Å². The molecule has 0 radical (unpaired) electrons. The largest absolute Gasteiger partial charge is 0.368 e. The molecular weight excluding hydrogens is 420 g/mol. The first-order valence-corrected chi connectivity index (χ1v) is 11.1. The summed E-state index contributed by atoms with van der Waals surface area (Å²) in [5.74, 6) is 0.0454. The van der Waals surface area contributed by atoms with E-state index in [-0.39, 0.29) is 5.91 Å². The molecule has 0 atom stereocenters. The van der Waals surface area contributed by atoms with Gasteiger partial charge in [-0.3, -0.25) is 9.78 Å². The first-order chi connectivity index (χ1) is 15.6. The molecule has 0 N–H and O–H groups in total. The van der Waals surface area contributed by atoms with Crippen molar-refractivity contribution in [2.24, 2.45) is 0 Å². The van der Waals surface area contributed by atoms with Crippen LogP contribution in [-0.4, -0.2) is 47.0 Å².